The number of nitrogens with zero attached hydrogens (tertiary/aromatic N) is 6. The second kappa shape index (κ2) is 11.8. The smallest absolute Gasteiger partial charge is 0.294 e. The summed E-state index contributed by atoms with van der Waals surface area (Å²) in [4.78, 5) is 96.9. The van der Waals surface area contributed by atoms with Crippen molar-refractivity contribution in [3.8, 4) is 0 Å². The minimum absolute atomic E-state index is 0.0950. The zero-order chi connectivity index (χ0) is 36.5. The van der Waals surface area contributed by atoms with Crippen molar-refractivity contribution in [1.82, 2.24) is 0 Å². The van der Waals surface area contributed by atoms with E-state index in [9.17, 15) is 60.7 Å². The molecule has 4 aromatic carbocycles. The SMILES string of the molecule is O=[N+]([O-])OCc1c(CO[N+](=O)[O-])c2c3c4c1Cc1c(CO[N+](=O)[O-])c(CO[N+](=O)[O-])c5c(c14)c1c(c(CO[N+](=O)[O-])c(CO[N+](=O)[O-])c(c31)C2)C5. The Morgan fingerprint density at radius 1 is 0.314 bits per heavy atom. The van der Waals surface area contributed by atoms with E-state index < -0.39 is 70.2 Å². The zero-order valence-electron chi connectivity index (χ0n) is 25.4. The molecule has 0 unspecified atom stereocenters. The monoisotopic (exact) mass is 714 g/mol. The Morgan fingerprint density at radius 2 is 0.451 bits per heavy atom. The van der Waals surface area contributed by atoms with Gasteiger partial charge in [-0.3, -0.25) is 0 Å². The van der Waals surface area contributed by atoms with E-state index in [-0.39, 0.29) is 52.6 Å². The first-order chi connectivity index (χ1) is 24.3. The predicted molar refractivity (Wildman–Crippen MR) is 158 cm³/mol. The first kappa shape index (κ1) is 32.4. The first-order valence-electron chi connectivity index (χ1n) is 14.5. The fraction of sp³-hybridized carbons (Fsp3) is 0.333. The lowest BCUT2D eigenvalue weighted by molar-refractivity contribution is -0.764. The van der Waals surface area contributed by atoms with Crippen molar-refractivity contribution in [2.45, 2.75) is 58.9 Å². The maximum Gasteiger partial charge on any atom is 0.294 e. The van der Waals surface area contributed by atoms with Crippen LogP contribution in [-0.2, 0) is 87.9 Å². The summed E-state index contributed by atoms with van der Waals surface area (Å²) in [5.41, 5.74) is 3.12. The molecule has 4 aromatic rings. The number of hydrogen-bond acceptors (Lipinski definition) is 18. The minimum atomic E-state index is -1.07. The molecule has 24 nitrogen and oxygen atoms in total. The fourth-order valence-electron chi connectivity index (χ4n) is 8.01. The van der Waals surface area contributed by atoms with Gasteiger partial charge < -0.3 is 29.0 Å². The van der Waals surface area contributed by atoms with Crippen LogP contribution in [0.4, 0.5) is 0 Å². The van der Waals surface area contributed by atoms with Gasteiger partial charge in [0.2, 0.25) is 0 Å². The molecule has 7 rings (SSSR count). The summed E-state index contributed by atoms with van der Waals surface area (Å²) in [5.74, 6) is 0. The molecular weight excluding hydrogens is 696 g/mol. The van der Waals surface area contributed by atoms with Crippen LogP contribution < -0.4 is 0 Å². The zero-order valence-corrected chi connectivity index (χ0v) is 25.4. The highest BCUT2D eigenvalue weighted by molar-refractivity contribution is 6.34. The van der Waals surface area contributed by atoms with Crippen LogP contribution in [0.3, 0.4) is 0 Å². The summed E-state index contributed by atoms with van der Waals surface area (Å²) in [6, 6.07) is 0. The normalized spacial score (nSPS) is 12.7. The molecule has 0 aromatic heterocycles. The van der Waals surface area contributed by atoms with Crippen LogP contribution in [0.2, 0.25) is 0 Å². The molecule has 0 fully saturated rings. The minimum Gasteiger partial charge on any atom is -0.309 e. The maximum absolute atomic E-state index is 11.4. The van der Waals surface area contributed by atoms with Crippen LogP contribution >= 0.6 is 0 Å². The summed E-state index contributed by atoms with van der Waals surface area (Å²) in [7, 11) is 0. The third kappa shape index (κ3) is 5.06. The standard InChI is InChI=1S/C27H18N6O18/c34-28(35)46-4-16-10-1-11-17(5-47-29(36)37)19(7-49-31(40)41)13-3-15-21(9-51-33(44)45)20(8-50-32(42)43)14-2-12(18(16)6-48-30(38)39)24-22(10)23(11)25(13)27(15)26(14)24/h1-9H2. The van der Waals surface area contributed by atoms with Gasteiger partial charge in [0, 0.05) is 0 Å². The summed E-state index contributed by atoms with van der Waals surface area (Å²) in [5, 5.41) is 65.0. The average Bonchev–Trinajstić information content (AvgIpc) is 3.74. The molecule has 3 aliphatic rings. The van der Waals surface area contributed by atoms with Crippen molar-refractivity contribution < 1.29 is 59.5 Å². The van der Waals surface area contributed by atoms with Gasteiger partial charge in [-0.05, 0) is 118 Å². The van der Waals surface area contributed by atoms with Crippen molar-refractivity contribution in [1.29, 1.82) is 0 Å². The highest BCUT2D eigenvalue weighted by Crippen LogP contribution is 2.58. The Morgan fingerprint density at radius 3 is 0.569 bits per heavy atom. The van der Waals surface area contributed by atoms with Crippen molar-refractivity contribution in [2.75, 3.05) is 0 Å². The van der Waals surface area contributed by atoms with Crippen LogP contribution in [-0.4, -0.2) is 30.5 Å². The van der Waals surface area contributed by atoms with E-state index in [1.54, 1.807) is 0 Å². The van der Waals surface area contributed by atoms with Gasteiger partial charge >= 0.3 is 0 Å². The average molecular weight is 714 g/mol. The maximum atomic E-state index is 11.4. The van der Waals surface area contributed by atoms with Gasteiger partial charge in [0.05, 0.1) is 0 Å². The van der Waals surface area contributed by atoms with E-state index in [4.69, 9.17) is 29.0 Å². The van der Waals surface area contributed by atoms with Crippen LogP contribution in [0.25, 0.3) is 32.3 Å². The molecule has 0 bridgehead atoms. The Balaban J connectivity index is 1.65. The van der Waals surface area contributed by atoms with Gasteiger partial charge in [0.25, 0.3) is 30.5 Å². The number of benzene rings is 4. The molecule has 0 amide bonds. The van der Waals surface area contributed by atoms with E-state index in [1.165, 1.54) is 0 Å². The van der Waals surface area contributed by atoms with Gasteiger partial charge in [-0.1, -0.05) is 0 Å². The Kier molecular flexibility index (Phi) is 7.48. The third-order valence-corrected chi connectivity index (χ3v) is 9.54. The Bertz CT molecular complexity index is 1900. The molecule has 3 aliphatic carbocycles. The van der Waals surface area contributed by atoms with Crippen LogP contribution in [0.5, 0.6) is 0 Å². The van der Waals surface area contributed by atoms with Gasteiger partial charge in [-0.15, -0.1) is 60.7 Å². The third-order valence-electron chi connectivity index (χ3n) is 9.54. The molecule has 0 heterocycles. The Hall–Kier alpha value is -7.14. The number of rotatable bonds is 18. The molecule has 24 heteroatoms. The summed E-state index contributed by atoms with van der Waals surface area (Å²) in [6.07, 6.45) is -0.285. The molecule has 0 aliphatic heterocycles. The van der Waals surface area contributed by atoms with E-state index in [1.807, 2.05) is 0 Å². The largest absolute Gasteiger partial charge is 0.309 e. The second-order valence-corrected chi connectivity index (χ2v) is 11.5. The summed E-state index contributed by atoms with van der Waals surface area (Å²) >= 11 is 0. The van der Waals surface area contributed by atoms with Crippen LogP contribution in [0.15, 0.2) is 0 Å². The molecule has 0 spiro atoms. The molecule has 0 N–H and O–H groups in total. The lowest BCUT2D eigenvalue weighted by Crippen LogP contribution is -2.12. The highest BCUT2D eigenvalue weighted by atomic mass is 17.0. The van der Waals surface area contributed by atoms with E-state index in [0.717, 1.165) is 0 Å². The van der Waals surface area contributed by atoms with E-state index in [2.05, 4.69) is 0 Å². The molecule has 264 valence electrons. The van der Waals surface area contributed by atoms with Gasteiger partial charge in [0.1, 0.15) is 39.6 Å². The molecule has 0 radical (unpaired) electrons. The van der Waals surface area contributed by atoms with E-state index >= 15 is 0 Å². The van der Waals surface area contributed by atoms with Crippen LogP contribution in [0, 0.1) is 60.7 Å². The molecule has 51 heavy (non-hydrogen) atoms. The molecular formula is C27H18N6O18. The predicted octanol–water partition coefficient (Wildman–Crippen LogP) is 3.11. The van der Waals surface area contributed by atoms with E-state index in [0.29, 0.717) is 65.7 Å². The second-order valence-electron chi connectivity index (χ2n) is 11.5. The summed E-state index contributed by atoms with van der Waals surface area (Å²) < 4.78 is 0. The van der Waals surface area contributed by atoms with Crippen molar-refractivity contribution in [3.63, 3.8) is 0 Å². The van der Waals surface area contributed by atoms with Crippen molar-refractivity contribution in [2.24, 2.45) is 0 Å². The molecule has 0 saturated heterocycles. The van der Waals surface area contributed by atoms with Gasteiger partial charge in [0.15, 0.2) is 0 Å². The molecule has 0 saturated carbocycles. The van der Waals surface area contributed by atoms with Crippen molar-refractivity contribution >= 4 is 32.3 Å². The lowest BCUT2D eigenvalue weighted by atomic mass is 9.87. The highest BCUT2D eigenvalue weighted by Gasteiger charge is 2.40. The summed E-state index contributed by atoms with van der Waals surface area (Å²) in [6.45, 7) is -4.24. The molecule has 0 atom stereocenters. The quantitative estimate of drug-likeness (QED) is 0.0700. The van der Waals surface area contributed by atoms with Crippen molar-refractivity contribution in [3.05, 3.63) is 127 Å². The number of hydrogen-bond donors (Lipinski definition) is 0. The van der Waals surface area contributed by atoms with Gasteiger partial charge in [-0.25, -0.2) is 0 Å². The van der Waals surface area contributed by atoms with Crippen LogP contribution in [0.1, 0.15) is 66.8 Å². The first-order valence-corrected chi connectivity index (χ1v) is 14.5. The topological polar surface area (TPSA) is 314 Å². The Labute approximate surface area is 278 Å². The lowest BCUT2D eigenvalue weighted by Gasteiger charge is -2.18. The van der Waals surface area contributed by atoms with Gasteiger partial charge in [-0.2, -0.15) is 0 Å². The fourth-order valence-corrected chi connectivity index (χ4v) is 8.01.